The first-order valence-electron chi connectivity index (χ1n) is 6.49. The monoisotopic (exact) mass is 277 g/mol. The lowest BCUT2D eigenvalue weighted by molar-refractivity contribution is -0.137. The zero-order valence-electron chi connectivity index (χ0n) is 11.1. The Bertz CT molecular complexity index is 583. The van der Waals surface area contributed by atoms with Crippen LogP contribution < -0.4 is 14.4 Å². The van der Waals surface area contributed by atoms with E-state index >= 15 is 0 Å². The smallest absolute Gasteiger partial charge is 0.304 e. The number of ether oxygens (including phenoxy) is 2. The van der Waals surface area contributed by atoms with E-state index in [1.165, 1.54) is 6.92 Å². The van der Waals surface area contributed by atoms with Gasteiger partial charge in [-0.1, -0.05) is 0 Å². The number of carbonyl (C=O) groups excluding carboxylic acids is 1. The summed E-state index contributed by atoms with van der Waals surface area (Å²) in [5.41, 5.74) is 1.57. The number of carboxylic acid groups (broad SMARTS) is 1. The van der Waals surface area contributed by atoms with E-state index in [1.54, 1.807) is 17.0 Å². The standard InChI is InChI=1S/C14H15NO5/c1-8(16)15-7-9(4-14(17)18)10-5-12-13(6-11(10)15)20-3-2-19-12/h5-6,9H,2-4,7H2,1H3,(H,17,18). The summed E-state index contributed by atoms with van der Waals surface area (Å²) >= 11 is 0. The molecule has 3 rings (SSSR count). The summed E-state index contributed by atoms with van der Waals surface area (Å²) in [6.45, 7) is 2.82. The summed E-state index contributed by atoms with van der Waals surface area (Å²) in [6.07, 6.45) is -0.00355. The fourth-order valence-corrected chi connectivity index (χ4v) is 2.76. The van der Waals surface area contributed by atoms with E-state index in [0.717, 1.165) is 11.3 Å². The number of anilines is 1. The van der Waals surface area contributed by atoms with E-state index in [9.17, 15) is 9.59 Å². The molecular formula is C14H15NO5. The summed E-state index contributed by atoms with van der Waals surface area (Å²) in [6, 6.07) is 3.58. The molecule has 0 aliphatic carbocycles. The van der Waals surface area contributed by atoms with Gasteiger partial charge in [0.05, 0.1) is 12.1 Å². The number of amides is 1. The van der Waals surface area contributed by atoms with Crippen LogP contribution in [0, 0.1) is 0 Å². The zero-order valence-corrected chi connectivity index (χ0v) is 11.1. The van der Waals surface area contributed by atoms with Crippen molar-refractivity contribution in [3.8, 4) is 11.5 Å². The third-order valence-corrected chi connectivity index (χ3v) is 3.63. The van der Waals surface area contributed by atoms with Gasteiger partial charge in [-0.2, -0.15) is 0 Å². The van der Waals surface area contributed by atoms with Crippen LogP contribution in [0.15, 0.2) is 12.1 Å². The minimum absolute atomic E-state index is 0.00355. The number of rotatable bonds is 2. The van der Waals surface area contributed by atoms with Crippen molar-refractivity contribution in [3.05, 3.63) is 17.7 Å². The number of carboxylic acids is 1. The summed E-state index contributed by atoms with van der Waals surface area (Å²) in [5, 5.41) is 9.00. The van der Waals surface area contributed by atoms with Crippen molar-refractivity contribution in [3.63, 3.8) is 0 Å². The van der Waals surface area contributed by atoms with E-state index in [2.05, 4.69) is 0 Å². The molecule has 2 aliphatic heterocycles. The average Bonchev–Trinajstić information content (AvgIpc) is 2.74. The van der Waals surface area contributed by atoms with Gasteiger partial charge < -0.3 is 19.5 Å². The maximum atomic E-state index is 11.7. The minimum Gasteiger partial charge on any atom is -0.486 e. The number of benzene rings is 1. The van der Waals surface area contributed by atoms with Gasteiger partial charge in [0.1, 0.15) is 13.2 Å². The number of fused-ring (bicyclic) bond motifs is 2. The highest BCUT2D eigenvalue weighted by atomic mass is 16.6. The van der Waals surface area contributed by atoms with Crippen molar-refractivity contribution < 1.29 is 24.2 Å². The second-order valence-electron chi connectivity index (χ2n) is 4.98. The Morgan fingerprint density at radius 3 is 2.55 bits per heavy atom. The molecule has 2 heterocycles. The molecule has 0 bridgehead atoms. The average molecular weight is 277 g/mol. The largest absolute Gasteiger partial charge is 0.486 e. The molecule has 0 spiro atoms. The van der Waals surface area contributed by atoms with Gasteiger partial charge in [0.2, 0.25) is 5.91 Å². The molecule has 106 valence electrons. The molecule has 6 heteroatoms. The fraction of sp³-hybridized carbons (Fsp3) is 0.429. The maximum Gasteiger partial charge on any atom is 0.304 e. The summed E-state index contributed by atoms with van der Waals surface area (Å²) in [5.74, 6) is 0.0484. The molecule has 1 unspecified atom stereocenters. The topological polar surface area (TPSA) is 76.1 Å². The van der Waals surface area contributed by atoms with Crippen molar-refractivity contribution in [2.45, 2.75) is 19.3 Å². The highest BCUT2D eigenvalue weighted by Crippen LogP contribution is 2.45. The van der Waals surface area contributed by atoms with E-state index in [4.69, 9.17) is 14.6 Å². The van der Waals surface area contributed by atoms with Gasteiger partial charge >= 0.3 is 5.97 Å². The van der Waals surface area contributed by atoms with E-state index in [-0.39, 0.29) is 18.2 Å². The van der Waals surface area contributed by atoms with Gasteiger partial charge in [-0.15, -0.1) is 0 Å². The van der Waals surface area contributed by atoms with Crippen molar-refractivity contribution >= 4 is 17.6 Å². The molecule has 1 amide bonds. The normalized spacial score (nSPS) is 19.6. The maximum absolute atomic E-state index is 11.7. The van der Waals surface area contributed by atoms with Crippen LogP contribution in [0.1, 0.15) is 24.8 Å². The molecule has 1 aromatic carbocycles. The Hall–Kier alpha value is -2.24. The van der Waals surface area contributed by atoms with Crippen LogP contribution in [0.25, 0.3) is 0 Å². The summed E-state index contributed by atoms with van der Waals surface area (Å²) in [4.78, 5) is 24.3. The molecule has 1 aromatic rings. The first kappa shape index (κ1) is 12.8. The van der Waals surface area contributed by atoms with Crippen molar-refractivity contribution in [2.24, 2.45) is 0 Å². The molecule has 0 radical (unpaired) electrons. The number of aliphatic carboxylic acids is 1. The number of hydrogen-bond acceptors (Lipinski definition) is 4. The van der Waals surface area contributed by atoms with Crippen molar-refractivity contribution in [1.82, 2.24) is 0 Å². The lowest BCUT2D eigenvalue weighted by Gasteiger charge is -2.21. The second-order valence-corrected chi connectivity index (χ2v) is 4.98. The third-order valence-electron chi connectivity index (χ3n) is 3.63. The first-order chi connectivity index (χ1) is 9.56. The van der Waals surface area contributed by atoms with Crippen LogP contribution in [-0.4, -0.2) is 36.7 Å². The zero-order chi connectivity index (χ0) is 14.3. The van der Waals surface area contributed by atoms with Gasteiger partial charge in [0.25, 0.3) is 0 Å². The van der Waals surface area contributed by atoms with Crippen LogP contribution in [0.5, 0.6) is 11.5 Å². The Morgan fingerprint density at radius 2 is 1.95 bits per heavy atom. The van der Waals surface area contributed by atoms with Crippen LogP contribution in [-0.2, 0) is 9.59 Å². The molecule has 0 fully saturated rings. The molecular weight excluding hydrogens is 262 g/mol. The predicted molar refractivity (Wildman–Crippen MR) is 70.5 cm³/mol. The molecule has 1 N–H and O–H groups in total. The Morgan fingerprint density at radius 1 is 1.30 bits per heavy atom. The Labute approximate surface area is 115 Å². The van der Waals surface area contributed by atoms with Gasteiger partial charge in [0, 0.05) is 25.5 Å². The molecule has 6 nitrogen and oxygen atoms in total. The van der Waals surface area contributed by atoms with Crippen molar-refractivity contribution in [1.29, 1.82) is 0 Å². The molecule has 0 saturated heterocycles. The summed E-state index contributed by atoms with van der Waals surface area (Å²) < 4.78 is 11.0. The lowest BCUT2D eigenvalue weighted by atomic mass is 9.97. The van der Waals surface area contributed by atoms with Crippen LogP contribution in [0.4, 0.5) is 5.69 Å². The molecule has 0 saturated carbocycles. The van der Waals surface area contributed by atoms with Crippen LogP contribution in [0.3, 0.4) is 0 Å². The number of hydrogen-bond donors (Lipinski definition) is 1. The van der Waals surface area contributed by atoms with E-state index < -0.39 is 5.97 Å². The SMILES string of the molecule is CC(=O)N1CC(CC(=O)O)c2cc3c(cc21)OCCO3. The first-order valence-corrected chi connectivity index (χ1v) is 6.49. The quantitative estimate of drug-likeness (QED) is 0.883. The van der Waals surface area contributed by atoms with Crippen LogP contribution in [0.2, 0.25) is 0 Å². The summed E-state index contributed by atoms with van der Waals surface area (Å²) in [7, 11) is 0. The van der Waals surface area contributed by atoms with Gasteiger partial charge in [-0.3, -0.25) is 9.59 Å². The predicted octanol–water partition coefficient (Wildman–Crippen LogP) is 1.38. The van der Waals surface area contributed by atoms with Gasteiger partial charge in [0.15, 0.2) is 11.5 Å². The Kier molecular flexibility index (Phi) is 3.00. The Balaban J connectivity index is 2.04. The number of nitrogens with zero attached hydrogens (tertiary/aromatic N) is 1. The van der Waals surface area contributed by atoms with E-state index in [1.807, 2.05) is 0 Å². The fourth-order valence-electron chi connectivity index (χ4n) is 2.76. The lowest BCUT2D eigenvalue weighted by Crippen LogP contribution is -2.27. The molecule has 2 aliphatic rings. The van der Waals surface area contributed by atoms with Crippen LogP contribution >= 0.6 is 0 Å². The third kappa shape index (κ3) is 2.07. The molecule has 0 aromatic heterocycles. The minimum atomic E-state index is -0.874. The van der Waals surface area contributed by atoms with Gasteiger partial charge in [-0.05, 0) is 11.6 Å². The second kappa shape index (κ2) is 4.70. The number of carbonyl (C=O) groups is 2. The van der Waals surface area contributed by atoms with Gasteiger partial charge in [-0.25, -0.2) is 0 Å². The highest BCUT2D eigenvalue weighted by Gasteiger charge is 2.34. The molecule has 1 atom stereocenters. The molecule has 20 heavy (non-hydrogen) atoms. The van der Waals surface area contributed by atoms with E-state index in [0.29, 0.717) is 31.3 Å². The van der Waals surface area contributed by atoms with Crippen molar-refractivity contribution in [2.75, 3.05) is 24.7 Å². The highest BCUT2D eigenvalue weighted by molar-refractivity contribution is 5.95.